The Labute approximate surface area is 161 Å². The normalized spacial score (nSPS) is 17.1. The predicted molar refractivity (Wildman–Crippen MR) is 101 cm³/mol. The van der Waals surface area contributed by atoms with Gasteiger partial charge >= 0.3 is 6.09 Å². The van der Waals surface area contributed by atoms with Crippen LogP contribution in [-0.4, -0.2) is 72.3 Å². The van der Waals surface area contributed by atoms with Gasteiger partial charge in [0.25, 0.3) is 5.91 Å². The first kappa shape index (κ1) is 22.7. The first-order chi connectivity index (χ1) is 12.4. The van der Waals surface area contributed by atoms with E-state index < -0.39 is 18.0 Å². The number of nitrogens with zero attached hydrogens (tertiary/aromatic N) is 4. The van der Waals surface area contributed by atoms with Gasteiger partial charge in [-0.3, -0.25) is 15.0 Å². The fourth-order valence-corrected chi connectivity index (χ4v) is 2.46. The Balaban J connectivity index is 3.27. The smallest absolute Gasteiger partial charge is 0.411 e. The number of ether oxygens (including phenoxy) is 1. The molecule has 1 rings (SSSR count). The number of rotatable bonds is 4. The minimum atomic E-state index is -1.25. The van der Waals surface area contributed by atoms with E-state index in [1.54, 1.807) is 4.90 Å². The van der Waals surface area contributed by atoms with E-state index in [1.165, 1.54) is 7.05 Å². The van der Waals surface area contributed by atoms with Crippen molar-refractivity contribution < 1.29 is 19.4 Å². The van der Waals surface area contributed by atoms with E-state index in [-0.39, 0.29) is 16.8 Å². The average Bonchev–Trinajstić information content (AvgIpc) is 2.58. The van der Waals surface area contributed by atoms with Gasteiger partial charge in [-0.2, -0.15) is 5.26 Å². The Bertz CT molecular complexity index is 612. The molecule has 1 heterocycles. The SMILES string of the molecule is CN(C#N)C(=O)C(CC(C)(C)C(C)(C)C)N=C(NC(=O)O)N1CCOCC1. The van der Waals surface area contributed by atoms with Gasteiger partial charge < -0.3 is 14.7 Å². The molecule has 1 fully saturated rings. The van der Waals surface area contributed by atoms with Crippen molar-refractivity contribution in [1.82, 2.24) is 15.1 Å². The molecule has 0 aromatic heterocycles. The van der Waals surface area contributed by atoms with Crippen LogP contribution in [0.1, 0.15) is 41.0 Å². The highest BCUT2D eigenvalue weighted by Crippen LogP contribution is 2.42. The largest absolute Gasteiger partial charge is 0.465 e. The van der Waals surface area contributed by atoms with Crippen molar-refractivity contribution in [3.63, 3.8) is 0 Å². The summed E-state index contributed by atoms with van der Waals surface area (Å²) in [5.41, 5.74) is -0.405. The summed E-state index contributed by atoms with van der Waals surface area (Å²) in [5.74, 6) is -0.354. The van der Waals surface area contributed by atoms with Crippen molar-refractivity contribution in [2.75, 3.05) is 33.4 Å². The zero-order valence-electron chi connectivity index (χ0n) is 17.1. The van der Waals surface area contributed by atoms with Crippen molar-refractivity contribution >= 4 is 18.0 Å². The summed E-state index contributed by atoms with van der Waals surface area (Å²) in [6.07, 6.45) is 0.924. The van der Waals surface area contributed by atoms with Crippen LogP contribution in [0, 0.1) is 22.3 Å². The third kappa shape index (κ3) is 6.40. The summed E-state index contributed by atoms with van der Waals surface area (Å²) in [4.78, 5) is 31.1. The molecule has 27 heavy (non-hydrogen) atoms. The molecular formula is C18H31N5O4. The second kappa shape index (κ2) is 9.04. The Morgan fingerprint density at radius 1 is 1.30 bits per heavy atom. The monoisotopic (exact) mass is 381 g/mol. The molecule has 0 saturated carbocycles. The molecule has 9 heteroatoms. The summed E-state index contributed by atoms with van der Waals surface area (Å²) >= 11 is 0. The molecule has 9 nitrogen and oxygen atoms in total. The number of hydrogen-bond acceptors (Lipinski definition) is 5. The summed E-state index contributed by atoms with van der Waals surface area (Å²) in [7, 11) is 1.38. The van der Waals surface area contributed by atoms with Crippen LogP contribution in [0.25, 0.3) is 0 Å². The van der Waals surface area contributed by atoms with Crippen molar-refractivity contribution in [3.8, 4) is 6.19 Å². The first-order valence-corrected chi connectivity index (χ1v) is 8.97. The number of guanidine groups is 1. The number of carbonyl (C=O) groups is 2. The summed E-state index contributed by atoms with van der Waals surface area (Å²) < 4.78 is 5.30. The lowest BCUT2D eigenvalue weighted by molar-refractivity contribution is -0.129. The molecule has 0 spiro atoms. The molecule has 0 aromatic carbocycles. The molecule has 152 valence electrons. The quantitative estimate of drug-likeness (QED) is 0.331. The van der Waals surface area contributed by atoms with Crippen molar-refractivity contribution in [3.05, 3.63) is 0 Å². The highest BCUT2D eigenvalue weighted by atomic mass is 16.5. The number of hydrogen-bond donors (Lipinski definition) is 2. The molecule has 0 aromatic rings. The second-order valence-electron chi connectivity index (χ2n) is 8.33. The maximum Gasteiger partial charge on any atom is 0.411 e. The number of nitrogens with one attached hydrogen (secondary N) is 1. The van der Waals surface area contributed by atoms with Crippen molar-refractivity contribution in [2.45, 2.75) is 47.1 Å². The molecule has 2 amide bonds. The number of carbonyl (C=O) groups excluding carboxylic acids is 1. The van der Waals surface area contributed by atoms with Crippen LogP contribution in [0.2, 0.25) is 0 Å². The first-order valence-electron chi connectivity index (χ1n) is 8.97. The molecule has 0 radical (unpaired) electrons. The molecule has 2 N–H and O–H groups in total. The van der Waals surface area contributed by atoms with Gasteiger partial charge in [0.15, 0.2) is 6.19 Å². The van der Waals surface area contributed by atoms with Crippen LogP contribution in [0.4, 0.5) is 4.79 Å². The average molecular weight is 381 g/mol. The maximum absolute atomic E-state index is 12.8. The van der Waals surface area contributed by atoms with E-state index in [1.807, 2.05) is 20.0 Å². The molecule has 1 unspecified atom stereocenters. The van der Waals surface area contributed by atoms with Gasteiger partial charge in [-0.25, -0.2) is 9.79 Å². The lowest BCUT2D eigenvalue weighted by Crippen LogP contribution is -2.50. The highest BCUT2D eigenvalue weighted by molar-refractivity contribution is 5.95. The van der Waals surface area contributed by atoms with Crippen LogP contribution in [0.3, 0.4) is 0 Å². The Morgan fingerprint density at radius 3 is 2.30 bits per heavy atom. The van der Waals surface area contributed by atoms with Gasteiger partial charge in [-0.05, 0) is 17.3 Å². The predicted octanol–water partition coefficient (Wildman–Crippen LogP) is 1.71. The summed E-state index contributed by atoms with van der Waals surface area (Å²) in [6.45, 7) is 12.1. The van der Waals surface area contributed by atoms with E-state index >= 15 is 0 Å². The molecule has 1 saturated heterocycles. The molecule has 1 aliphatic heterocycles. The zero-order valence-corrected chi connectivity index (χ0v) is 17.1. The molecule has 0 bridgehead atoms. The van der Waals surface area contributed by atoms with E-state index in [0.717, 1.165) is 4.90 Å². The zero-order chi connectivity index (χ0) is 20.8. The topological polar surface area (TPSA) is 118 Å². The van der Waals surface area contributed by atoms with Crippen molar-refractivity contribution in [1.29, 1.82) is 5.26 Å². The summed E-state index contributed by atoms with van der Waals surface area (Å²) in [5, 5.41) is 20.6. The van der Waals surface area contributed by atoms with Gasteiger partial charge in [0.05, 0.1) is 13.2 Å². The lowest BCUT2D eigenvalue weighted by atomic mass is 9.66. The van der Waals surface area contributed by atoms with Crippen LogP contribution >= 0.6 is 0 Å². The molecular weight excluding hydrogens is 350 g/mol. The fourth-order valence-electron chi connectivity index (χ4n) is 2.46. The lowest BCUT2D eigenvalue weighted by Gasteiger charge is -2.40. The number of likely N-dealkylation sites (N-methyl/N-ethyl adjacent to an activating group) is 1. The van der Waals surface area contributed by atoms with Crippen LogP contribution in [0.5, 0.6) is 0 Å². The number of aliphatic imine (C=N–C) groups is 1. The van der Waals surface area contributed by atoms with Crippen molar-refractivity contribution in [2.24, 2.45) is 15.8 Å². The molecule has 1 aliphatic rings. The van der Waals surface area contributed by atoms with Crippen LogP contribution < -0.4 is 5.32 Å². The number of morpholine rings is 1. The Hall–Kier alpha value is -2.34. The van der Waals surface area contributed by atoms with Gasteiger partial charge in [0, 0.05) is 20.1 Å². The Morgan fingerprint density at radius 2 is 1.85 bits per heavy atom. The van der Waals surface area contributed by atoms with Crippen LogP contribution in [0.15, 0.2) is 4.99 Å². The van der Waals surface area contributed by atoms with E-state index in [0.29, 0.717) is 32.7 Å². The van der Waals surface area contributed by atoms with Gasteiger partial charge in [-0.15, -0.1) is 0 Å². The third-order valence-corrected chi connectivity index (χ3v) is 5.31. The number of nitriles is 1. The standard InChI is InChI=1S/C18H31N5O4/c1-17(2,3)18(4,5)11-13(14(24)22(6)12-19)20-15(21-16(25)26)23-7-9-27-10-8-23/h13H,7-11H2,1-6H3,(H,20,21)(H,25,26). The number of carboxylic acid groups (broad SMARTS) is 1. The van der Waals surface area contributed by atoms with E-state index in [9.17, 15) is 14.7 Å². The second-order valence-corrected chi connectivity index (χ2v) is 8.33. The van der Waals surface area contributed by atoms with Gasteiger partial charge in [-0.1, -0.05) is 34.6 Å². The molecule has 0 aliphatic carbocycles. The summed E-state index contributed by atoms with van der Waals surface area (Å²) in [6, 6.07) is -0.881. The maximum atomic E-state index is 12.8. The minimum Gasteiger partial charge on any atom is -0.465 e. The minimum absolute atomic E-state index is 0.111. The number of amides is 2. The fraction of sp³-hybridized carbons (Fsp3) is 0.778. The van der Waals surface area contributed by atoms with Gasteiger partial charge in [0.2, 0.25) is 5.96 Å². The highest BCUT2D eigenvalue weighted by Gasteiger charge is 2.38. The van der Waals surface area contributed by atoms with Crippen LogP contribution in [-0.2, 0) is 9.53 Å². The van der Waals surface area contributed by atoms with E-state index in [2.05, 4.69) is 31.1 Å². The van der Waals surface area contributed by atoms with E-state index in [4.69, 9.17) is 10.00 Å². The molecule has 1 atom stereocenters. The Kier molecular flexibility index (Phi) is 7.60. The third-order valence-electron chi connectivity index (χ3n) is 5.31. The van der Waals surface area contributed by atoms with Gasteiger partial charge in [0.1, 0.15) is 6.04 Å².